The van der Waals surface area contributed by atoms with Crippen LogP contribution in [0.15, 0.2) is 97.1 Å². The third-order valence-electron chi connectivity index (χ3n) is 7.30. The topological polar surface area (TPSA) is 67.9 Å². The number of likely N-dealkylation sites (tertiary alicyclic amines) is 1. The first kappa shape index (κ1) is 29.4. The summed E-state index contributed by atoms with van der Waals surface area (Å²) in [4.78, 5) is 29.9. The van der Waals surface area contributed by atoms with E-state index >= 15 is 0 Å². The molecule has 1 atom stereocenters. The molecule has 1 heterocycles. The smallest absolute Gasteiger partial charge is 0.336 e. The highest BCUT2D eigenvalue weighted by molar-refractivity contribution is 7.82. The van der Waals surface area contributed by atoms with Crippen molar-refractivity contribution in [3.8, 4) is 0 Å². The summed E-state index contributed by atoms with van der Waals surface area (Å²) in [6.07, 6.45) is 1.04. The molecular weight excluding hydrogens is 573 g/mol. The zero-order chi connectivity index (χ0) is 29.6. The fourth-order valence-corrected chi connectivity index (χ4v) is 5.50. The number of hydrogen-bond donors (Lipinski definition) is 3. The van der Waals surface area contributed by atoms with Gasteiger partial charge in [0.15, 0.2) is 0 Å². The van der Waals surface area contributed by atoms with Gasteiger partial charge in [-0.05, 0) is 66.6 Å². The maximum absolute atomic E-state index is 13.9. The molecule has 42 heavy (non-hydrogen) atoms. The fraction of sp³-hybridized carbons (Fsp3) is 0.188. The van der Waals surface area contributed by atoms with Gasteiger partial charge in [0.1, 0.15) is 5.82 Å². The standard InChI is InChI=1S/C32H31ClFN5O2S/c1-37(26-17-18-38(21-26)20-22-7-3-2-4-8-22)30-16-13-24(19-28(30)33)36-32(41)39(42)25-14-11-23(12-15-25)35-31(40)27-9-5-6-10-29(27)34/h2-16,19,26,42H,17-18,20-21H2,1H3,(H,35,40)(H,36,41). The van der Waals surface area contributed by atoms with Crippen molar-refractivity contribution < 1.29 is 14.0 Å². The van der Waals surface area contributed by atoms with Crippen LogP contribution in [-0.4, -0.2) is 43.0 Å². The zero-order valence-corrected chi connectivity index (χ0v) is 24.7. The zero-order valence-electron chi connectivity index (χ0n) is 23.0. The van der Waals surface area contributed by atoms with E-state index in [2.05, 4.69) is 57.5 Å². The second-order valence-electron chi connectivity index (χ2n) is 10.2. The number of hydrogen-bond acceptors (Lipinski definition) is 5. The summed E-state index contributed by atoms with van der Waals surface area (Å²) in [6.45, 7) is 2.89. The summed E-state index contributed by atoms with van der Waals surface area (Å²) >= 11 is 11.0. The average molecular weight is 604 g/mol. The van der Waals surface area contributed by atoms with E-state index in [1.807, 2.05) is 25.2 Å². The molecule has 1 aliphatic rings. The van der Waals surface area contributed by atoms with Crippen molar-refractivity contribution in [1.29, 1.82) is 0 Å². The molecule has 7 nitrogen and oxygen atoms in total. The second kappa shape index (κ2) is 13.3. The van der Waals surface area contributed by atoms with E-state index in [0.717, 1.165) is 36.0 Å². The van der Waals surface area contributed by atoms with E-state index < -0.39 is 17.8 Å². The minimum Gasteiger partial charge on any atom is -0.369 e. The highest BCUT2D eigenvalue weighted by Gasteiger charge is 2.27. The molecule has 0 aliphatic carbocycles. The molecule has 4 aromatic carbocycles. The van der Waals surface area contributed by atoms with Gasteiger partial charge in [0.25, 0.3) is 5.91 Å². The number of benzene rings is 4. The quantitative estimate of drug-likeness (QED) is 0.185. The Bertz CT molecular complexity index is 1560. The van der Waals surface area contributed by atoms with E-state index in [9.17, 15) is 14.0 Å². The van der Waals surface area contributed by atoms with Gasteiger partial charge in [-0.15, -0.1) is 0 Å². The monoisotopic (exact) mass is 603 g/mol. The Labute approximate surface area is 255 Å². The molecule has 4 aromatic rings. The first-order valence-electron chi connectivity index (χ1n) is 13.5. The molecule has 216 valence electrons. The highest BCUT2D eigenvalue weighted by Crippen LogP contribution is 2.32. The molecule has 0 aromatic heterocycles. The third-order valence-corrected chi connectivity index (χ3v) is 8.02. The van der Waals surface area contributed by atoms with Crippen LogP contribution in [0.1, 0.15) is 22.3 Å². The lowest BCUT2D eigenvalue weighted by atomic mass is 10.2. The number of nitrogens with one attached hydrogen (secondary N) is 2. The van der Waals surface area contributed by atoms with Gasteiger partial charge in [-0.25, -0.2) is 13.5 Å². The van der Waals surface area contributed by atoms with Crippen LogP contribution in [-0.2, 0) is 6.54 Å². The van der Waals surface area contributed by atoms with Crippen molar-refractivity contribution in [2.24, 2.45) is 0 Å². The predicted molar refractivity (Wildman–Crippen MR) is 171 cm³/mol. The van der Waals surface area contributed by atoms with E-state index in [0.29, 0.717) is 28.1 Å². The molecule has 0 bridgehead atoms. The number of amides is 3. The van der Waals surface area contributed by atoms with E-state index in [1.54, 1.807) is 36.4 Å². The van der Waals surface area contributed by atoms with Crippen LogP contribution >= 0.6 is 24.4 Å². The van der Waals surface area contributed by atoms with Gasteiger partial charge < -0.3 is 15.5 Å². The lowest BCUT2D eigenvalue weighted by molar-refractivity contribution is 0.102. The molecule has 5 rings (SSSR count). The van der Waals surface area contributed by atoms with Crippen molar-refractivity contribution in [3.05, 3.63) is 119 Å². The summed E-state index contributed by atoms with van der Waals surface area (Å²) in [5.74, 6) is -1.17. The number of likely N-dealkylation sites (N-methyl/N-ethyl adjacent to an activating group) is 1. The van der Waals surface area contributed by atoms with Crippen LogP contribution in [0, 0.1) is 5.82 Å². The predicted octanol–water partition coefficient (Wildman–Crippen LogP) is 7.33. The summed E-state index contributed by atoms with van der Waals surface area (Å²) in [7, 11) is 2.05. The highest BCUT2D eigenvalue weighted by atomic mass is 35.5. The minimum absolute atomic E-state index is 0.0547. The Morgan fingerprint density at radius 3 is 2.36 bits per heavy atom. The van der Waals surface area contributed by atoms with Crippen molar-refractivity contribution in [2.75, 3.05) is 40.0 Å². The Morgan fingerprint density at radius 1 is 0.952 bits per heavy atom. The number of carbonyl (C=O) groups excluding carboxylic acids is 2. The molecule has 1 fully saturated rings. The SMILES string of the molecule is CN(c1ccc(NC(=O)N(S)c2ccc(NC(=O)c3ccccc3F)cc2)cc1Cl)C1CCN(Cc2ccccc2)C1. The molecule has 10 heteroatoms. The fourth-order valence-electron chi connectivity index (χ4n) is 5.00. The summed E-state index contributed by atoms with van der Waals surface area (Å²) in [6, 6.07) is 28.0. The summed E-state index contributed by atoms with van der Waals surface area (Å²) in [5, 5.41) is 6.00. The third kappa shape index (κ3) is 7.05. The van der Waals surface area contributed by atoms with Gasteiger partial charge in [-0.2, -0.15) is 0 Å². The Balaban J connectivity index is 1.16. The maximum atomic E-state index is 13.9. The minimum atomic E-state index is -0.603. The lowest BCUT2D eigenvalue weighted by Gasteiger charge is -2.28. The second-order valence-corrected chi connectivity index (χ2v) is 11.0. The molecule has 3 amide bonds. The molecule has 0 saturated carbocycles. The van der Waals surface area contributed by atoms with Gasteiger partial charge in [0, 0.05) is 44.1 Å². The Kier molecular flexibility index (Phi) is 9.31. The Hall–Kier alpha value is -4.05. The van der Waals surface area contributed by atoms with Gasteiger partial charge >= 0.3 is 6.03 Å². The van der Waals surface area contributed by atoms with Crippen LogP contribution in [0.25, 0.3) is 0 Å². The lowest BCUT2D eigenvalue weighted by Crippen LogP contribution is -2.34. The van der Waals surface area contributed by atoms with E-state index in [1.165, 1.54) is 23.8 Å². The van der Waals surface area contributed by atoms with E-state index in [-0.39, 0.29) is 5.56 Å². The number of nitrogens with zero attached hydrogens (tertiary/aromatic N) is 3. The first-order chi connectivity index (χ1) is 20.3. The summed E-state index contributed by atoms with van der Waals surface area (Å²) < 4.78 is 15.0. The van der Waals surface area contributed by atoms with E-state index in [4.69, 9.17) is 11.6 Å². The molecule has 1 aliphatic heterocycles. The van der Waals surface area contributed by atoms with Gasteiger partial charge in [-0.3, -0.25) is 9.69 Å². The summed E-state index contributed by atoms with van der Waals surface area (Å²) in [5.41, 5.74) is 3.61. The van der Waals surface area contributed by atoms with Crippen LogP contribution < -0.4 is 19.8 Å². The largest absolute Gasteiger partial charge is 0.369 e. The number of halogens is 2. The Morgan fingerprint density at radius 2 is 1.64 bits per heavy atom. The molecule has 2 N–H and O–H groups in total. The van der Waals surface area contributed by atoms with Crippen LogP contribution in [0.3, 0.4) is 0 Å². The van der Waals surface area contributed by atoms with Gasteiger partial charge in [0.05, 0.1) is 22.0 Å². The molecule has 1 unspecified atom stereocenters. The average Bonchev–Trinajstić information content (AvgIpc) is 3.46. The number of rotatable bonds is 8. The van der Waals surface area contributed by atoms with Crippen LogP contribution in [0.5, 0.6) is 0 Å². The van der Waals surface area contributed by atoms with Crippen molar-refractivity contribution in [3.63, 3.8) is 0 Å². The normalized spacial score (nSPS) is 14.8. The van der Waals surface area contributed by atoms with Crippen molar-refractivity contribution >= 4 is 59.1 Å². The molecule has 0 spiro atoms. The van der Waals surface area contributed by atoms with Gasteiger partial charge in [-0.1, -0.05) is 66.9 Å². The molecule has 0 radical (unpaired) electrons. The van der Waals surface area contributed by atoms with Crippen LogP contribution in [0.4, 0.5) is 31.9 Å². The van der Waals surface area contributed by atoms with Crippen molar-refractivity contribution in [2.45, 2.75) is 19.0 Å². The number of thiol groups is 1. The maximum Gasteiger partial charge on any atom is 0.336 e. The first-order valence-corrected chi connectivity index (χ1v) is 14.3. The molecule has 1 saturated heterocycles. The van der Waals surface area contributed by atoms with Gasteiger partial charge in [0.2, 0.25) is 0 Å². The number of urea groups is 1. The number of carbonyl (C=O) groups is 2. The van der Waals surface area contributed by atoms with Crippen molar-refractivity contribution in [1.82, 2.24) is 4.90 Å². The van der Waals surface area contributed by atoms with Crippen LogP contribution in [0.2, 0.25) is 5.02 Å². The number of anilines is 4. The molecular formula is C32H31ClFN5O2S.